The molecule has 0 N–H and O–H groups in total. The van der Waals surface area contributed by atoms with Gasteiger partial charge in [-0.1, -0.05) is 28.1 Å². The number of rotatable bonds is 2. The van der Waals surface area contributed by atoms with E-state index in [0.29, 0.717) is 20.4 Å². The lowest BCUT2D eigenvalue weighted by atomic mass is 10.3. The summed E-state index contributed by atoms with van der Waals surface area (Å²) in [6.07, 6.45) is 0. The first-order chi connectivity index (χ1) is 10.1. The van der Waals surface area contributed by atoms with E-state index >= 15 is 0 Å². The van der Waals surface area contributed by atoms with Gasteiger partial charge in [-0.15, -0.1) is 0 Å². The number of para-hydroxylation sites is 2. The lowest BCUT2D eigenvalue weighted by molar-refractivity contribution is -0.475. The lowest BCUT2D eigenvalue weighted by Crippen LogP contribution is -2.22. The Balaban J connectivity index is 2.18. The predicted molar refractivity (Wildman–Crippen MR) is 83.0 cm³/mol. The first-order valence-corrected chi connectivity index (χ1v) is 7.05. The third kappa shape index (κ3) is 2.38. The van der Waals surface area contributed by atoms with E-state index < -0.39 is 0 Å². The molecule has 0 radical (unpaired) electrons. The third-order valence-corrected chi connectivity index (χ3v) is 3.67. The summed E-state index contributed by atoms with van der Waals surface area (Å²) >= 11 is 3.33. The Kier molecular flexibility index (Phi) is 3.39. The van der Waals surface area contributed by atoms with Crippen LogP contribution in [0, 0.1) is 17.0 Å². The molecule has 3 aromatic rings. The largest absolute Gasteiger partial charge is 0.805 e. The molecule has 2 aromatic carbocycles. The zero-order valence-corrected chi connectivity index (χ0v) is 12.7. The van der Waals surface area contributed by atoms with E-state index in [-0.39, 0.29) is 17.1 Å². The van der Waals surface area contributed by atoms with Crippen LogP contribution in [0.25, 0.3) is 11.0 Å². The van der Waals surface area contributed by atoms with Crippen LogP contribution in [0.15, 0.2) is 53.0 Å². The van der Waals surface area contributed by atoms with E-state index in [9.17, 15) is 10.1 Å². The standard InChI is InChI=1S/C15H11BrN2O3/c1-10-15(21-12-8-6-11(16)7-9-12)18(20)14-5-3-2-4-13(14)17(10)19/h2-9H,1H3. The van der Waals surface area contributed by atoms with Gasteiger partial charge in [0.2, 0.25) is 0 Å². The minimum absolute atomic E-state index is 0.0222. The van der Waals surface area contributed by atoms with E-state index in [1.807, 2.05) is 0 Å². The molecule has 1 heterocycles. The molecular formula is C15H11BrN2O3. The SMILES string of the molecule is Cc1c(Oc2ccc(Br)cc2)[n+](=O)c2ccccc2n1[O-]. The molecule has 0 amide bonds. The fourth-order valence-electron chi connectivity index (χ4n) is 2.06. The van der Waals surface area contributed by atoms with Gasteiger partial charge < -0.3 is 14.7 Å². The zero-order chi connectivity index (χ0) is 15.0. The highest BCUT2D eigenvalue weighted by Gasteiger charge is 2.21. The van der Waals surface area contributed by atoms with Crippen molar-refractivity contribution in [3.63, 3.8) is 0 Å². The number of benzene rings is 2. The Morgan fingerprint density at radius 1 is 1.14 bits per heavy atom. The van der Waals surface area contributed by atoms with Gasteiger partial charge in [-0.3, -0.25) is 0 Å². The average molecular weight is 347 g/mol. The molecule has 6 heteroatoms. The van der Waals surface area contributed by atoms with Crippen molar-refractivity contribution in [2.24, 2.45) is 0 Å². The molecule has 0 atom stereocenters. The molecule has 0 fully saturated rings. The van der Waals surface area contributed by atoms with Crippen LogP contribution >= 0.6 is 15.9 Å². The molecular weight excluding hydrogens is 336 g/mol. The first-order valence-electron chi connectivity index (χ1n) is 6.26. The molecule has 1 aromatic heterocycles. The Morgan fingerprint density at radius 2 is 1.81 bits per heavy atom. The second-order valence-electron chi connectivity index (χ2n) is 4.52. The minimum atomic E-state index is -0.0222. The Labute approximate surface area is 128 Å². The lowest BCUT2D eigenvalue weighted by Gasteiger charge is -2.15. The van der Waals surface area contributed by atoms with E-state index in [1.54, 1.807) is 55.5 Å². The number of ether oxygens (including phenoxy) is 1. The maximum Gasteiger partial charge on any atom is 0.447 e. The van der Waals surface area contributed by atoms with Crippen LogP contribution in [0.1, 0.15) is 5.69 Å². The molecule has 0 saturated heterocycles. The van der Waals surface area contributed by atoms with E-state index in [2.05, 4.69) is 15.9 Å². The van der Waals surface area contributed by atoms with E-state index in [4.69, 9.17) is 4.74 Å². The van der Waals surface area contributed by atoms with Crippen molar-refractivity contribution in [1.29, 1.82) is 0 Å². The van der Waals surface area contributed by atoms with Crippen LogP contribution in [0.4, 0.5) is 0 Å². The summed E-state index contributed by atoms with van der Waals surface area (Å²) in [6.45, 7) is 1.56. The quantitative estimate of drug-likeness (QED) is 0.663. The number of aromatic nitrogens is 2. The van der Waals surface area contributed by atoms with Crippen molar-refractivity contribution in [2.45, 2.75) is 6.92 Å². The van der Waals surface area contributed by atoms with Crippen molar-refractivity contribution in [3.05, 3.63) is 68.8 Å². The Bertz CT molecular complexity index is 872. The first kappa shape index (κ1) is 13.6. The highest BCUT2D eigenvalue weighted by Crippen LogP contribution is 2.25. The van der Waals surface area contributed by atoms with Crippen LogP contribution in [0.5, 0.6) is 11.6 Å². The van der Waals surface area contributed by atoms with Crippen LogP contribution in [0.2, 0.25) is 0 Å². The van der Waals surface area contributed by atoms with Gasteiger partial charge in [-0.25, -0.2) is 0 Å². The summed E-state index contributed by atoms with van der Waals surface area (Å²) in [5, 5.41) is 12.2. The summed E-state index contributed by atoms with van der Waals surface area (Å²) in [5.41, 5.74) is 0.796. The molecule has 0 bridgehead atoms. The van der Waals surface area contributed by atoms with Gasteiger partial charge in [-0.05, 0) is 37.3 Å². The smallest absolute Gasteiger partial charge is 0.447 e. The summed E-state index contributed by atoms with van der Waals surface area (Å²) < 4.78 is 7.84. The number of hydrogen-bond acceptors (Lipinski definition) is 3. The van der Waals surface area contributed by atoms with Gasteiger partial charge in [0.05, 0.1) is 0 Å². The fourth-order valence-corrected chi connectivity index (χ4v) is 2.33. The minimum Gasteiger partial charge on any atom is -0.805 e. The van der Waals surface area contributed by atoms with Crippen molar-refractivity contribution in [2.75, 3.05) is 0 Å². The molecule has 0 aliphatic heterocycles. The van der Waals surface area contributed by atoms with Crippen molar-refractivity contribution in [3.8, 4) is 11.6 Å². The summed E-state index contributed by atoms with van der Waals surface area (Å²) in [5.74, 6) is 0.465. The van der Waals surface area contributed by atoms with Crippen LogP contribution in [0.3, 0.4) is 0 Å². The number of hydrogen-bond donors (Lipinski definition) is 0. The number of fused-ring (bicyclic) bond motifs is 1. The average Bonchev–Trinajstić information content (AvgIpc) is 2.51. The summed E-state index contributed by atoms with van der Waals surface area (Å²) in [4.78, 5) is 12.4. The van der Waals surface area contributed by atoms with Gasteiger partial charge in [0.25, 0.3) is 5.52 Å². The van der Waals surface area contributed by atoms with Crippen LogP contribution in [-0.2, 0) is 0 Å². The molecule has 0 unspecified atom stereocenters. The normalized spacial score (nSPS) is 10.8. The van der Waals surface area contributed by atoms with Crippen LogP contribution in [-0.4, -0.2) is 4.73 Å². The monoisotopic (exact) mass is 346 g/mol. The van der Waals surface area contributed by atoms with E-state index in [1.165, 1.54) is 0 Å². The second kappa shape index (κ2) is 5.21. The summed E-state index contributed by atoms with van der Waals surface area (Å²) in [6, 6.07) is 13.6. The highest BCUT2D eigenvalue weighted by atomic mass is 79.9. The van der Waals surface area contributed by atoms with Gasteiger partial charge in [0, 0.05) is 15.4 Å². The third-order valence-electron chi connectivity index (χ3n) is 3.15. The zero-order valence-electron chi connectivity index (χ0n) is 11.1. The van der Waals surface area contributed by atoms with Gasteiger partial charge >= 0.3 is 5.88 Å². The molecule has 106 valence electrons. The molecule has 0 aliphatic rings. The van der Waals surface area contributed by atoms with Gasteiger partial charge in [-0.2, -0.15) is 0 Å². The van der Waals surface area contributed by atoms with E-state index in [0.717, 1.165) is 4.47 Å². The fraction of sp³-hybridized carbons (Fsp3) is 0.0667. The Morgan fingerprint density at radius 3 is 2.52 bits per heavy atom. The van der Waals surface area contributed by atoms with Gasteiger partial charge in [0.1, 0.15) is 21.4 Å². The van der Waals surface area contributed by atoms with Crippen molar-refractivity contribution < 1.29 is 9.16 Å². The molecule has 0 spiro atoms. The van der Waals surface area contributed by atoms with Crippen molar-refractivity contribution in [1.82, 2.24) is 4.73 Å². The maximum absolute atomic E-state index is 12.4. The van der Waals surface area contributed by atoms with Gasteiger partial charge in [0.15, 0.2) is 0 Å². The van der Waals surface area contributed by atoms with Crippen LogP contribution < -0.4 is 9.16 Å². The summed E-state index contributed by atoms with van der Waals surface area (Å²) in [7, 11) is 0. The Hall–Kier alpha value is -2.34. The number of halogens is 1. The molecule has 0 aliphatic carbocycles. The molecule has 0 saturated carbocycles. The number of nitrogens with zero attached hydrogens (tertiary/aromatic N) is 2. The molecule has 21 heavy (non-hydrogen) atoms. The molecule has 3 rings (SSSR count). The van der Waals surface area contributed by atoms with Crippen molar-refractivity contribution >= 4 is 27.0 Å². The second-order valence-corrected chi connectivity index (χ2v) is 5.44. The molecule has 5 nitrogen and oxygen atoms in total. The predicted octanol–water partition coefficient (Wildman–Crippen LogP) is 3.76. The highest BCUT2D eigenvalue weighted by molar-refractivity contribution is 9.10. The maximum atomic E-state index is 12.4. The topological polar surface area (TPSA) is 60.2 Å².